The molecular weight excluding hydrogens is 411 g/mol. The van der Waals surface area contributed by atoms with Crippen LogP contribution in [0.2, 0.25) is 0 Å². The summed E-state index contributed by atoms with van der Waals surface area (Å²) in [6.07, 6.45) is -4.40. The molecule has 154 valence electrons. The minimum absolute atomic E-state index is 0.0569. The Labute approximate surface area is 174 Å². The van der Waals surface area contributed by atoms with Crippen LogP contribution >= 0.6 is 11.3 Å². The van der Waals surface area contributed by atoms with Gasteiger partial charge in [-0.25, -0.2) is 9.67 Å². The highest BCUT2D eigenvalue weighted by Gasteiger charge is 2.30. The number of hydrogen-bond acceptors (Lipinski definition) is 4. The maximum Gasteiger partial charge on any atom is 0.416 e. The van der Waals surface area contributed by atoms with E-state index in [0.717, 1.165) is 33.8 Å². The van der Waals surface area contributed by atoms with E-state index in [4.69, 9.17) is 0 Å². The molecule has 0 bridgehead atoms. The topological polar surface area (TPSA) is 47.8 Å². The van der Waals surface area contributed by atoms with Gasteiger partial charge in [0.1, 0.15) is 5.69 Å². The van der Waals surface area contributed by atoms with E-state index in [1.54, 1.807) is 0 Å². The molecule has 2 aromatic heterocycles. The number of alkyl halides is 3. The van der Waals surface area contributed by atoms with E-state index < -0.39 is 11.7 Å². The van der Waals surface area contributed by atoms with Gasteiger partial charge in [0, 0.05) is 5.56 Å². The highest BCUT2D eigenvalue weighted by molar-refractivity contribution is 7.19. The number of aryl methyl sites for hydroxylation is 3. The van der Waals surface area contributed by atoms with Crippen molar-refractivity contribution in [1.82, 2.24) is 14.8 Å². The van der Waals surface area contributed by atoms with Gasteiger partial charge in [-0.3, -0.25) is 4.79 Å². The third-order valence-corrected chi connectivity index (χ3v) is 5.84. The zero-order valence-electron chi connectivity index (χ0n) is 16.5. The van der Waals surface area contributed by atoms with Crippen LogP contribution in [-0.4, -0.2) is 14.8 Å². The van der Waals surface area contributed by atoms with Crippen molar-refractivity contribution in [3.8, 4) is 11.3 Å². The Balaban J connectivity index is 1.85. The standard InChI is InChI=1S/C22H18F3N3OS/c1-12-4-9-17(13(2)10-12)18-20-19(26-14(3)30-20)21(29)28(27-18)11-15-5-7-16(8-6-15)22(23,24)25/h4-10H,11H2,1-3H3. The maximum absolute atomic E-state index is 13.0. The van der Waals surface area contributed by atoms with Crippen molar-refractivity contribution in [1.29, 1.82) is 0 Å². The van der Waals surface area contributed by atoms with Crippen molar-refractivity contribution in [2.45, 2.75) is 33.5 Å². The zero-order chi connectivity index (χ0) is 21.6. The average Bonchev–Trinajstić information content (AvgIpc) is 3.06. The summed E-state index contributed by atoms with van der Waals surface area (Å²) in [5.74, 6) is 0. The first-order valence-electron chi connectivity index (χ1n) is 9.25. The van der Waals surface area contributed by atoms with Crippen molar-refractivity contribution >= 4 is 21.6 Å². The first kappa shape index (κ1) is 20.3. The fraction of sp³-hybridized carbons (Fsp3) is 0.227. The van der Waals surface area contributed by atoms with Crippen LogP contribution in [0.5, 0.6) is 0 Å². The maximum atomic E-state index is 13.0. The number of aromatic nitrogens is 3. The summed E-state index contributed by atoms with van der Waals surface area (Å²) in [6, 6.07) is 10.7. The average molecular weight is 429 g/mol. The lowest BCUT2D eigenvalue weighted by Crippen LogP contribution is -2.24. The summed E-state index contributed by atoms with van der Waals surface area (Å²) in [5, 5.41) is 5.35. The van der Waals surface area contributed by atoms with E-state index in [0.29, 0.717) is 21.5 Å². The van der Waals surface area contributed by atoms with Crippen molar-refractivity contribution in [2.24, 2.45) is 0 Å². The number of hydrogen-bond donors (Lipinski definition) is 0. The van der Waals surface area contributed by atoms with E-state index in [-0.39, 0.29) is 12.1 Å². The second-order valence-corrected chi connectivity index (χ2v) is 8.44. The van der Waals surface area contributed by atoms with Crippen molar-refractivity contribution in [3.63, 3.8) is 0 Å². The van der Waals surface area contributed by atoms with Crippen molar-refractivity contribution < 1.29 is 13.2 Å². The van der Waals surface area contributed by atoms with Crippen molar-refractivity contribution in [2.75, 3.05) is 0 Å². The van der Waals surface area contributed by atoms with E-state index in [9.17, 15) is 18.0 Å². The molecule has 0 N–H and O–H groups in total. The number of fused-ring (bicyclic) bond motifs is 1. The highest BCUT2D eigenvalue weighted by atomic mass is 32.1. The molecule has 0 saturated heterocycles. The summed E-state index contributed by atoms with van der Waals surface area (Å²) in [6.45, 7) is 5.87. The minimum atomic E-state index is -4.40. The van der Waals surface area contributed by atoms with Gasteiger partial charge in [0.05, 0.1) is 21.8 Å². The molecule has 30 heavy (non-hydrogen) atoms. The number of nitrogens with zero attached hydrogens (tertiary/aromatic N) is 3. The van der Waals surface area contributed by atoms with Crippen LogP contribution in [0.4, 0.5) is 13.2 Å². The monoisotopic (exact) mass is 429 g/mol. The fourth-order valence-corrected chi connectivity index (χ4v) is 4.31. The zero-order valence-corrected chi connectivity index (χ0v) is 17.4. The molecule has 0 spiro atoms. The molecule has 4 nitrogen and oxygen atoms in total. The van der Waals surface area contributed by atoms with E-state index >= 15 is 0 Å². The van der Waals surface area contributed by atoms with Gasteiger partial charge >= 0.3 is 6.18 Å². The van der Waals surface area contributed by atoms with E-state index in [2.05, 4.69) is 10.1 Å². The van der Waals surface area contributed by atoms with Gasteiger partial charge in [-0.15, -0.1) is 11.3 Å². The summed E-state index contributed by atoms with van der Waals surface area (Å²) < 4.78 is 40.5. The molecule has 0 aliphatic heterocycles. The highest BCUT2D eigenvalue weighted by Crippen LogP contribution is 2.32. The Kier molecular flexibility index (Phi) is 4.97. The van der Waals surface area contributed by atoms with Crippen molar-refractivity contribution in [3.05, 3.63) is 80.1 Å². The summed E-state index contributed by atoms with van der Waals surface area (Å²) in [7, 11) is 0. The molecule has 4 rings (SSSR count). The number of halogens is 3. The third kappa shape index (κ3) is 3.75. The molecule has 0 saturated carbocycles. The molecule has 4 aromatic rings. The van der Waals surface area contributed by atoms with E-state index in [1.807, 2.05) is 39.0 Å². The predicted molar refractivity (Wildman–Crippen MR) is 112 cm³/mol. The molecule has 0 aliphatic rings. The second-order valence-electron chi connectivity index (χ2n) is 7.24. The first-order valence-corrected chi connectivity index (χ1v) is 10.1. The molecule has 0 aliphatic carbocycles. The van der Waals surface area contributed by atoms with Crippen LogP contribution in [0.25, 0.3) is 21.5 Å². The number of benzene rings is 2. The number of rotatable bonds is 3. The molecule has 0 amide bonds. The third-order valence-electron chi connectivity index (χ3n) is 4.86. The second kappa shape index (κ2) is 7.36. The van der Waals surface area contributed by atoms with E-state index in [1.165, 1.54) is 28.2 Å². The molecule has 0 radical (unpaired) electrons. The van der Waals surface area contributed by atoms with Gasteiger partial charge < -0.3 is 0 Å². The van der Waals surface area contributed by atoms with Crippen LogP contribution < -0.4 is 5.56 Å². The molecule has 0 unspecified atom stereocenters. The van der Waals surface area contributed by atoms with Crippen LogP contribution in [0, 0.1) is 20.8 Å². The van der Waals surface area contributed by atoms with Gasteiger partial charge in [-0.2, -0.15) is 18.3 Å². The van der Waals surface area contributed by atoms with Crippen LogP contribution in [0.15, 0.2) is 47.3 Å². The van der Waals surface area contributed by atoms with Gasteiger partial charge in [0.15, 0.2) is 5.52 Å². The summed E-state index contributed by atoms with van der Waals surface area (Å²) >= 11 is 1.41. The fourth-order valence-electron chi connectivity index (χ4n) is 3.40. The van der Waals surface area contributed by atoms with Crippen LogP contribution in [0.3, 0.4) is 0 Å². The number of thiazole rings is 1. The SMILES string of the molecule is Cc1ccc(-c2nn(Cc3ccc(C(F)(F)F)cc3)c(=O)c3nc(C)sc23)c(C)c1. The molecular formula is C22H18F3N3OS. The largest absolute Gasteiger partial charge is 0.416 e. The molecule has 0 fully saturated rings. The predicted octanol–water partition coefficient (Wildman–Crippen LogP) is 5.51. The normalized spacial score (nSPS) is 11.9. The van der Waals surface area contributed by atoms with Gasteiger partial charge in [-0.1, -0.05) is 35.9 Å². The smallest absolute Gasteiger partial charge is 0.265 e. The Hall–Kier alpha value is -3.00. The Morgan fingerprint density at radius 2 is 1.73 bits per heavy atom. The van der Waals surface area contributed by atoms with Crippen LogP contribution in [0.1, 0.15) is 27.3 Å². The minimum Gasteiger partial charge on any atom is -0.265 e. The summed E-state index contributed by atoms with van der Waals surface area (Å²) in [4.78, 5) is 17.4. The quantitative estimate of drug-likeness (QED) is 0.431. The lowest BCUT2D eigenvalue weighted by atomic mass is 10.0. The lowest BCUT2D eigenvalue weighted by molar-refractivity contribution is -0.137. The summed E-state index contributed by atoms with van der Waals surface area (Å²) in [5.41, 5.74) is 3.48. The molecule has 8 heteroatoms. The van der Waals surface area contributed by atoms with Gasteiger partial charge in [0.25, 0.3) is 5.56 Å². The molecule has 2 heterocycles. The Morgan fingerprint density at radius 1 is 1.03 bits per heavy atom. The molecule has 0 atom stereocenters. The Bertz CT molecular complexity index is 1300. The van der Waals surface area contributed by atoms with Gasteiger partial charge in [-0.05, 0) is 44.0 Å². The first-order chi connectivity index (χ1) is 14.1. The molecule has 2 aromatic carbocycles. The lowest BCUT2D eigenvalue weighted by Gasteiger charge is -2.12. The van der Waals surface area contributed by atoms with Gasteiger partial charge in [0.2, 0.25) is 0 Å². The van der Waals surface area contributed by atoms with Crippen LogP contribution in [-0.2, 0) is 12.7 Å². The Morgan fingerprint density at radius 3 is 2.37 bits per heavy atom.